The van der Waals surface area contributed by atoms with Crippen molar-refractivity contribution in [1.82, 2.24) is 0 Å². The van der Waals surface area contributed by atoms with Crippen LogP contribution < -0.4 is 14.2 Å². The molecule has 2 atom stereocenters. The Hall–Kier alpha value is -4.13. The first-order chi connectivity index (χ1) is 18.1. The van der Waals surface area contributed by atoms with Gasteiger partial charge in [0.15, 0.2) is 11.9 Å². The van der Waals surface area contributed by atoms with E-state index in [-0.39, 0.29) is 5.56 Å². The van der Waals surface area contributed by atoms with Gasteiger partial charge in [-0.1, -0.05) is 78.9 Å². The van der Waals surface area contributed by atoms with Crippen molar-refractivity contribution in [2.24, 2.45) is 0 Å². The molecule has 4 aromatic carbocycles. The van der Waals surface area contributed by atoms with Crippen LogP contribution in [0.3, 0.4) is 0 Å². The molecule has 6 nitrogen and oxygen atoms in total. The predicted molar refractivity (Wildman–Crippen MR) is 141 cm³/mol. The van der Waals surface area contributed by atoms with E-state index in [1.165, 1.54) is 21.3 Å². The lowest BCUT2D eigenvalue weighted by molar-refractivity contribution is -0.0495. The number of ketones is 1. The summed E-state index contributed by atoms with van der Waals surface area (Å²) in [4.78, 5) is 14.1. The van der Waals surface area contributed by atoms with Crippen molar-refractivity contribution in [2.75, 3.05) is 21.3 Å². The number of aliphatic hydroxyl groups is 1. The molecule has 0 fully saturated rings. The van der Waals surface area contributed by atoms with E-state index in [9.17, 15) is 9.90 Å². The van der Waals surface area contributed by atoms with Gasteiger partial charge in [0.05, 0.1) is 26.9 Å². The predicted octanol–water partition coefficient (Wildman–Crippen LogP) is 5.80. The van der Waals surface area contributed by atoms with Crippen LogP contribution in [-0.2, 0) is 4.74 Å². The first-order valence-corrected chi connectivity index (χ1v) is 11.9. The average molecular weight is 499 g/mol. The summed E-state index contributed by atoms with van der Waals surface area (Å²) >= 11 is 0. The molecule has 0 saturated heterocycles. The highest BCUT2D eigenvalue weighted by Gasteiger charge is 2.36. The minimum Gasteiger partial charge on any atom is -0.497 e. The van der Waals surface area contributed by atoms with Gasteiger partial charge >= 0.3 is 0 Å². The van der Waals surface area contributed by atoms with Crippen LogP contribution in [0.1, 0.15) is 39.3 Å². The topological polar surface area (TPSA) is 74.2 Å². The van der Waals surface area contributed by atoms with Crippen molar-refractivity contribution < 1.29 is 28.8 Å². The highest BCUT2D eigenvalue weighted by Crippen LogP contribution is 2.37. The Morgan fingerprint density at radius 1 is 0.676 bits per heavy atom. The zero-order chi connectivity index (χ0) is 26.2. The van der Waals surface area contributed by atoms with Crippen LogP contribution in [0.15, 0.2) is 103 Å². The maximum absolute atomic E-state index is 14.1. The van der Waals surface area contributed by atoms with Gasteiger partial charge in [-0.25, -0.2) is 0 Å². The van der Waals surface area contributed by atoms with Gasteiger partial charge < -0.3 is 24.1 Å². The fraction of sp³-hybridized carbons (Fsp3) is 0.194. The van der Waals surface area contributed by atoms with Crippen LogP contribution in [0, 0.1) is 0 Å². The summed E-state index contributed by atoms with van der Waals surface area (Å²) in [6.45, 7) is 0. The van der Waals surface area contributed by atoms with Crippen molar-refractivity contribution in [3.05, 3.63) is 125 Å². The highest BCUT2D eigenvalue weighted by molar-refractivity contribution is 6.02. The molecule has 0 aliphatic carbocycles. The van der Waals surface area contributed by atoms with Crippen LogP contribution >= 0.6 is 0 Å². The van der Waals surface area contributed by atoms with Gasteiger partial charge in [0.1, 0.15) is 29.5 Å². The molecule has 0 heterocycles. The molecular formula is C31H30O6. The highest BCUT2D eigenvalue weighted by atomic mass is 16.5. The van der Waals surface area contributed by atoms with E-state index < -0.39 is 24.1 Å². The molecule has 190 valence electrons. The molecule has 0 spiro atoms. The number of carbonyl (C=O) groups is 1. The molecule has 0 bridgehead atoms. The van der Waals surface area contributed by atoms with E-state index >= 15 is 0 Å². The summed E-state index contributed by atoms with van der Waals surface area (Å²) in [7, 11) is 4.53. The molecule has 0 aliphatic rings. The third-order valence-corrected chi connectivity index (χ3v) is 6.16. The summed E-state index contributed by atoms with van der Waals surface area (Å²) in [5, 5.41) is 11.7. The summed E-state index contributed by atoms with van der Waals surface area (Å²) < 4.78 is 22.9. The molecule has 0 aliphatic heterocycles. The van der Waals surface area contributed by atoms with E-state index in [0.29, 0.717) is 22.8 Å². The normalized spacial score (nSPS) is 12.6. The number of ether oxygens (including phenoxy) is 4. The van der Waals surface area contributed by atoms with Crippen LogP contribution in [0.5, 0.6) is 17.2 Å². The first-order valence-electron chi connectivity index (χ1n) is 11.9. The van der Waals surface area contributed by atoms with Crippen molar-refractivity contribution in [1.29, 1.82) is 0 Å². The Balaban J connectivity index is 1.84. The quantitative estimate of drug-likeness (QED) is 0.263. The molecule has 1 N–H and O–H groups in total. The average Bonchev–Trinajstić information content (AvgIpc) is 2.97. The zero-order valence-corrected chi connectivity index (χ0v) is 21.0. The fourth-order valence-electron chi connectivity index (χ4n) is 4.27. The summed E-state index contributed by atoms with van der Waals surface area (Å²) in [5.41, 5.74) is 2.36. The largest absolute Gasteiger partial charge is 0.497 e. The van der Waals surface area contributed by atoms with E-state index in [0.717, 1.165) is 11.1 Å². The van der Waals surface area contributed by atoms with Crippen molar-refractivity contribution in [3.63, 3.8) is 0 Å². The van der Waals surface area contributed by atoms with Gasteiger partial charge in [-0.15, -0.1) is 0 Å². The first kappa shape index (κ1) is 25.9. The molecule has 37 heavy (non-hydrogen) atoms. The van der Waals surface area contributed by atoms with Gasteiger partial charge in [-0.2, -0.15) is 0 Å². The van der Waals surface area contributed by atoms with E-state index in [1.807, 2.05) is 60.7 Å². The molecule has 0 saturated carbocycles. The van der Waals surface area contributed by atoms with Gasteiger partial charge in [0.25, 0.3) is 0 Å². The summed E-state index contributed by atoms with van der Waals surface area (Å²) in [6, 6.07) is 31.2. The second kappa shape index (κ2) is 12.2. The summed E-state index contributed by atoms with van der Waals surface area (Å²) in [5.74, 6) is 0.830. The van der Waals surface area contributed by atoms with E-state index in [2.05, 4.69) is 0 Å². The SMILES string of the molecule is COc1ccc(OC)c(C(=O)[C@@H](OC(c2ccccc2)c2ccccc2)[C@H](O)c2ccccc2OC)c1. The minimum absolute atomic E-state index is 0.237. The van der Waals surface area contributed by atoms with Gasteiger partial charge in [0, 0.05) is 5.56 Å². The van der Waals surface area contributed by atoms with Crippen LogP contribution in [0.4, 0.5) is 0 Å². The van der Waals surface area contributed by atoms with E-state index in [1.54, 1.807) is 42.5 Å². The smallest absolute Gasteiger partial charge is 0.198 e. The molecule has 6 heteroatoms. The van der Waals surface area contributed by atoms with Crippen molar-refractivity contribution in [2.45, 2.75) is 18.3 Å². The Bertz CT molecular complexity index is 1270. The number of rotatable bonds is 11. The second-order valence-electron chi connectivity index (χ2n) is 8.38. The third-order valence-electron chi connectivity index (χ3n) is 6.16. The Morgan fingerprint density at radius 2 is 1.24 bits per heavy atom. The molecule has 0 amide bonds. The number of aliphatic hydroxyl groups excluding tert-OH is 1. The number of hydrogen-bond acceptors (Lipinski definition) is 6. The van der Waals surface area contributed by atoms with Gasteiger partial charge in [-0.05, 0) is 35.4 Å². The lowest BCUT2D eigenvalue weighted by atomic mass is 9.94. The number of para-hydroxylation sites is 1. The fourth-order valence-corrected chi connectivity index (χ4v) is 4.27. The van der Waals surface area contributed by atoms with Gasteiger partial charge in [-0.3, -0.25) is 4.79 Å². The van der Waals surface area contributed by atoms with Crippen molar-refractivity contribution >= 4 is 5.78 Å². The lowest BCUT2D eigenvalue weighted by Crippen LogP contribution is -2.33. The van der Waals surface area contributed by atoms with E-state index in [4.69, 9.17) is 18.9 Å². The second-order valence-corrected chi connectivity index (χ2v) is 8.38. The maximum Gasteiger partial charge on any atom is 0.198 e. The number of benzene rings is 4. The maximum atomic E-state index is 14.1. The number of carbonyl (C=O) groups excluding carboxylic acids is 1. The Morgan fingerprint density at radius 3 is 1.81 bits per heavy atom. The zero-order valence-electron chi connectivity index (χ0n) is 21.0. The standard InChI is InChI=1S/C31H30O6/c1-34-23-18-19-27(36-3)25(20-23)29(33)31(28(32)24-16-10-11-17-26(24)35-2)37-30(21-12-6-4-7-13-21)22-14-8-5-9-15-22/h4-20,28,30-32H,1-3H3/t28-,31+/m1/s1. The number of Topliss-reactive ketones (excluding diaryl/α,β-unsaturated/α-hetero) is 1. The number of hydrogen-bond donors (Lipinski definition) is 1. The molecule has 0 unspecified atom stereocenters. The van der Waals surface area contributed by atoms with Gasteiger partial charge in [0.2, 0.25) is 0 Å². The Labute approximate surface area is 217 Å². The summed E-state index contributed by atoms with van der Waals surface area (Å²) in [6.07, 6.45) is -3.27. The molecule has 4 aromatic rings. The molecule has 0 radical (unpaired) electrons. The Kier molecular flexibility index (Phi) is 8.56. The molecular weight excluding hydrogens is 468 g/mol. The monoisotopic (exact) mass is 498 g/mol. The molecule has 4 rings (SSSR count). The van der Waals surface area contributed by atoms with Crippen LogP contribution in [0.2, 0.25) is 0 Å². The molecule has 0 aromatic heterocycles. The lowest BCUT2D eigenvalue weighted by Gasteiger charge is -2.29. The van der Waals surface area contributed by atoms with Crippen LogP contribution in [0.25, 0.3) is 0 Å². The van der Waals surface area contributed by atoms with Crippen LogP contribution in [-0.4, -0.2) is 38.3 Å². The minimum atomic E-state index is -1.34. The van der Waals surface area contributed by atoms with Crippen molar-refractivity contribution in [3.8, 4) is 17.2 Å². The number of methoxy groups -OCH3 is 3. The third kappa shape index (κ3) is 5.82.